The van der Waals surface area contributed by atoms with Gasteiger partial charge in [-0.05, 0) is 17.7 Å². The molecule has 0 saturated carbocycles. The molecule has 1 aliphatic heterocycles. The molecule has 1 aliphatic rings. The summed E-state index contributed by atoms with van der Waals surface area (Å²) in [4.78, 5) is 28.3. The molecular weight excluding hydrogens is 316 g/mol. The van der Waals surface area contributed by atoms with Crippen LogP contribution in [0, 0.1) is 0 Å². The number of aromatic nitrogens is 1. The molecule has 0 aromatic carbocycles. The number of esters is 1. The van der Waals surface area contributed by atoms with Crippen LogP contribution in [0.5, 0.6) is 5.75 Å². The summed E-state index contributed by atoms with van der Waals surface area (Å²) in [6, 6.07) is 4.42. The lowest BCUT2D eigenvalue weighted by Crippen LogP contribution is -2.29. The highest BCUT2D eigenvalue weighted by Crippen LogP contribution is 2.41. The van der Waals surface area contributed by atoms with E-state index >= 15 is 0 Å². The van der Waals surface area contributed by atoms with Gasteiger partial charge in [0, 0.05) is 18.5 Å². The third kappa shape index (κ3) is 2.52. The summed E-state index contributed by atoms with van der Waals surface area (Å²) >= 11 is 0. The van der Waals surface area contributed by atoms with Gasteiger partial charge in [-0.3, -0.25) is 9.78 Å². The Morgan fingerprint density at radius 3 is 2.75 bits per heavy atom. The van der Waals surface area contributed by atoms with Crippen LogP contribution >= 0.6 is 0 Å². The number of pyridine rings is 1. The molecule has 0 bridgehead atoms. The normalized spacial score (nSPS) is 16.3. The molecule has 0 radical (unpaired) electrons. The number of carbonyl (C=O) groups excluding carboxylic acids is 1. The molecule has 8 heteroatoms. The van der Waals surface area contributed by atoms with Gasteiger partial charge in [0.15, 0.2) is 5.76 Å². The van der Waals surface area contributed by atoms with Crippen molar-refractivity contribution < 1.29 is 23.8 Å². The number of hydrogen-bond donors (Lipinski definition) is 2. The predicted molar refractivity (Wildman–Crippen MR) is 80.8 cm³/mol. The average molecular weight is 330 g/mol. The second kappa shape index (κ2) is 6.17. The van der Waals surface area contributed by atoms with Crippen LogP contribution in [-0.4, -0.2) is 23.2 Å². The maximum absolute atomic E-state index is 12.2. The number of ether oxygens (including phenoxy) is 2. The van der Waals surface area contributed by atoms with Crippen molar-refractivity contribution in [3.63, 3.8) is 0 Å². The van der Waals surface area contributed by atoms with Gasteiger partial charge >= 0.3 is 5.97 Å². The summed E-state index contributed by atoms with van der Waals surface area (Å²) in [5.74, 6) is -1.77. The van der Waals surface area contributed by atoms with Gasteiger partial charge in [-0.1, -0.05) is 0 Å². The van der Waals surface area contributed by atoms with Crippen molar-refractivity contribution >= 4 is 5.97 Å². The Kier molecular flexibility index (Phi) is 4.05. The highest BCUT2D eigenvalue weighted by atomic mass is 16.5. The first-order valence-corrected chi connectivity index (χ1v) is 7.00. The fourth-order valence-corrected chi connectivity index (χ4v) is 2.56. The van der Waals surface area contributed by atoms with Crippen molar-refractivity contribution in [3.05, 3.63) is 69.4 Å². The van der Waals surface area contributed by atoms with Crippen molar-refractivity contribution in [1.82, 2.24) is 4.98 Å². The van der Waals surface area contributed by atoms with E-state index in [0.717, 1.165) is 6.07 Å². The largest absolute Gasteiger partial charge is 0.465 e. The lowest BCUT2D eigenvalue weighted by atomic mass is 9.87. The van der Waals surface area contributed by atoms with Crippen molar-refractivity contribution in [1.29, 1.82) is 0 Å². The molecule has 0 fully saturated rings. The first-order chi connectivity index (χ1) is 11.6. The maximum Gasteiger partial charge on any atom is 0.340 e. The van der Waals surface area contributed by atoms with Crippen molar-refractivity contribution in [3.8, 4) is 5.75 Å². The van der Waals surface area contributed by atoms with Crippen LogP contribution in [0.25, 0.3) is 0 Å². The molecule has 0 amide bonds. The summed E-state index contributed by atoms with van der Waals surface area (Å²) in [5, 5.41) is 9.28. The fraction of sp³-hybridized carbons (Fsp3) is 0.188. The van der Waals surface area contributed by atoms with Gasteiger partial charge in [0.05, 0.1) is 13.0 Å². The van der Waals surface area contributed by atoms with Gasteiger partial charge in [-0.15, -0.1) is 0 Å². The van der Waals surface area contributed by atoms with Crippen LogP contribution < -0.4 is 15.9 Å². The molecule has 2 aromatic heterocycles. The Hall–Kier alpha value is -3.13. The molecule has 2 aromatic rings. The SMILES string of the molecule is COC(=O)C1=C(N)Oc2c(oc(CO)cc2=O)[C@@H]1c1ccncc1. The van der Waals surface area contributed by atoms with E-state index in [2.05, 4.69) is 4.98 Å². The monoisotopic (exact) mass is 330 g/mol. The minimum atomic E-state index is -0.816. The van der Waals surface area contributed by atoms with E-state index < -0.39 is 23.9 Å². The van der Waals surface area contributed by atoms with Crippen molar-refractivity contribution in [2.24, 2.45) is 5.73 Å². The van der Waals surface area contributed by atoms with E-state index in [-0.39, 0.29) is 28.7 Å². The molecule has 0 unspecified atom stereocenters. The van der Waals surface area contributed by atoms with Gasteiger partial charge in [-0.25, -0.2) is 4.79 Å². The summed E-state index contributed by atoms with van der Waals surface area (Å²) < 4.78 is 15.7. The maximum atomic E-state index is 12.2. The van der Waals surface area contributed by atoms with Gasteiger partial charge < -0.3 is 24.7 Å². The molecule has 1 atom stereocenters. The molecule has 0 aliphatic carbocycles. The number of hydrogen-bond acceptors (Lipinski definition) is 8. The predicted octanol–water partition coefficient (Wildman–Crippen LogP) is 0.395. The second-order valence-corrected chi connectivity index (χ2v) is 5.01. The van der Waals surface area contributed by atoms with Crippen LogP contribution in [0.4, 0.5) is 0 Å². The second-order valence-electron chi connectivity index (χ2n) is 5.01. The first kappa shape index (κ1) is 15.8. The topological polar surface area (TPSA) is 125 Å². The van der Waals surface area contributed by atoms with Crippen molar-refractivity contribution in [2.75, 3.05) is 7.11 Å². The summed E-state index contributed by atoms with van der Waals surface area (Å²) in [6.45, 7) is -0.474. The molecule has 0 saturated heterocycles. The van der Waals surface area contributed by atoms with E-state index in [9.17, 15) is 14.7 Å². The highest BCUT2D eigenvalue weighted by molar-refractivity contribution is 5.92. The standard InChI is InChI=1S/C16H14N2O6/c1-22-16(21)12-11(8-2-4-18-5-3-8)14-13(24-15(12)17)10(20)6-9(7-19)23-14/h2-6,11,19H,7,17H2,1H3/t11-/m1/s1. The molecular formula is C16H14N2O6. The number of nitrogens with zero attached hydrogens (tertiary/aromatic N) is 1. The molecule has 3 heterocycles. The number of aliphatic hydroxyl groups excluding tert-OH is 1. The van der Waals surface area contributed by atoms with E-state index in [1.165, 1.54) is 19.5 Å². The Labute approximate surface area is 136 Å². The molecule has 124 valence electrons. The van der Waals surface area contributed by atoms with Crippen molar-refractivity contribution in [2.45, 2.75) is 12.5 Å². The summed E-state index contributed by atoms with van der Waals surface area (Å²) in [5.41, 5.74) is 5.96. The Bertz CT molecular complexity index is 872. The van der Waals surface area contributed by atoms with E-state index in [0.29, 0.717) is 5.56 Å². The Morgan fingerprint density at radius 1 is 1.42 bits per heavy atom. The number of aliphatic hydroxyl groups is 1. The van der Waals surface area contributed by atoms with E-state index in [1.54, 1.807) is 12.1 Å². The lowest BCUT2D eigenvalue weighted by Gasteiger charge is -2.26. The van der Waals surface area contributed by atoms with Gasteiger partial charge in [0.1, 0.15) is 17.9 Å². The third-order valence-electron chi connectivity index (χ3n) is 3.61. The van der Waals surface area contributed by atoms with Gasteiger partial charge in [-0.2, -0.15) is 0 Å². The van der Waals surface area contributed by atoms with Crippen LogP contribution in [0.2, 0.25) is 0 Å². The minimum Gasteiger partial charge on any atom is -0.465 e. The van der Waals surface area contributed by atoms with Crippen LogP contribution in [0.1, 0.15) is 23.0 Å². The third-order valence-corrected chi connectivity index (χ3v) is 3.61. The van der Waals surface area contributed by atoms with Gasteiger partial charge in [0.2, 0.25) is 17.1 Å². The minimum absolute atomic E-state index is 0.00874. The first-order valence-electron chi connectivity index (χ1n) is 7.00. The molecule has 3 rings (SSSR count). The molecule has 24 heavy (non-hydrogen) atoms. The number of carbonyl (C=O) groups is 1. The van der Waals surface area contributed by atoms with Crippen LogP contribution in [0.3, 0.4) is 0 Å². The number of nitrogens with two attached hydrogens (primary N) is 1. The number of methoxy groups -OCH3 is 1. The summed E-state index contributed by atoms with van der Waals surface area (Å²) in [7, 11) is 1.21. The zero-order valence-corrected chi connectivity index (χ0v) is 12.7. The summed E-state index contributed by atoms with van der Waals surface area (Å²) in [6.07, 6.45) is 3.06. The molecule has 8 nitrogen and oxygen atoms in total. The fourth-order valence-electron chi connectivity index (χ4n) is 2.56. The van der Waals surface area contributed by atoms with E-state index in [4.69, 9.17) is 19.6 Å². The number of rotatable bonds is 3. The quantitative estimate of drug-likeness (QED) is 0.775. The van der Waals surface area contributed by atoms with Crippen LogP contribution in [0.15, 0.2) is 51.3 Å². The molecule has 0 spiro atoms. The average Bonchev–Trinajstić information content (AvgIpc) is 2.61. The van der Waals surface area contributed by atoms with Crippen LogP contribution in [-0.2, 0) is 16.1 Å². The zero-order chi connectivity index (χ0) is 17.3. The lowest BCUT2D eigenvalue weighted by molar-refractivity contribution is -0.136. The zero-order valence-electron chi connectivity index (χ0n) is 12.7. The number of fused-ring (bicyclic) bond motifs is 1. The highest BCUT2D eigenvalue weighted by Gasteiger charge is 2.38. The Morgan fingerprint density at radius 2 is 2.12 bits per heavy atom. The van der Waals surface area contributed by atoms with Gasteiger partial charge in [0.25, 0.3) is 0 Å². The smallest absolute Gasteiger partial charge is 0.340 e. The molecule has 3 N–H and O–H groups in total. The van der Waals surface area contributed by atoms with E-state index in [1.807, 2.05) is 0 Å². The Balaban J connectivity index is 2.30.